The molecule has 0 bridgehead atoms. The molecule has 0 fully saturated rings. The summed E-state index contributed by atoms with van der Waals surface area (Å²) in [4.78, 5) is 23.5. The third-order valence-electron chi connectivity index (χ3n) is 3.25. The van der Waals surface area contributed by atoms with Crippen LogP contribution in [0.3, 0.4) is 0 Å². The van der Waals surface area contributed by atoms with Gasteiger partial charge in [0, 0.05) is 7.05 Å². The number of nitrogens with zero attached hydrogens (tertiary/aromatic N) is 3. The minimum atomic E-state index is -0.981. The molecule has 1 heterocycles. The second-order valence-corrected chi connectivity index (χ2v) is 5.03. The Morgan fingerprint density at radius 3 is 2.59 bits per heavy atom. The lowest BCUT2D eigenvalue weighted by Crippen LogP contribution is -2.40. The molecule has 0 aliphatic carbocycles. The maximum Gasteiger partial charge on any atom is 0.345 e. The largest absolute Gasteiger partial charge is 0.386 e. The van der Waals surface area contributed by atoms with E-state index in [2.05, 4.69) is 10.4 Å². The SMILES string of the molecule is CC(NC(=O)Cn1ncn(C)c1=O)C(O)c1ccc(F)cc1. The van der Waals surface area contributed by atoms with Crippen molar-refractivity contribution in [2.75, 3.05) is 0 Å². The molecule has 0 radical (unpaired) electrons. The Hall–Kier alpha value is -2.48. The fourth-order valence-corrected chi connectivity index (χ4v) is 1.99. The van der Waals surface area contributed by atoms with Crippen molar-refractivity contribution in [3.05, 3.63) is 52.5 Å². The number of aliphatic hydroxyl groups excluding tert-OH is 1. The van der Waals surface area contributed by atoms with Crippen LogP contribution >= 0.6 is 0 Å². The normalized spacial score (nSPS) is 13.6. The predicted octanol–water partition coefficient (Wildman–Crippen LogP) is -0.0408. The number of nitrogens with one attached hydrogen (secondary N) is 1. The first-order valence-corrected chi connectivity index (χ1v) is 6.70. The van der Waals surface area contributed by atoms with Crippen molar-refractivity contribution >= 4 is 5.91 Å². The van der Waals surface area contributed by atoms with Crippen molar-refractivity contribution in [1.82, 2.24) is 19.7 Å². The van der Waals surface area contributed by atoms with Crippen LogP contribution in [-0.2, 0) is 18.4 Å². The zero-order valence-electron chi connectivity index (χ0n) is 12.2. The summed E-state index contributed by atoms with van der Waals surface area (Å²) in [5, 5.41) is 16.5. The molecular weight excluding hydrogens is 291 g/mol. The van der Waals surface area contributed by atoms with Gasteiger partial charge in [0.1, 0.15) is 18.7 Å². The maximum absolute atomic E-state index is 12.9. The Labute approximate surface area is 126 Å². The zero-order chi connectivity index (χ0) is 16.3. The van der Waals surface area contributed by atoms with Crippen LogP contribution in [0.4, 0.5) is 4.39 Å². The molecule has 0 spiro atoms. The molecule has 0 aliphatic heterocycles. The topological polar surface area (TPSA) is 89.2 Å². The van der Waals surface area contributed by atoms with Gasteiger partial charge in [0.2, 0.25) is 5.91 Å². The number of benzene rings is 1. The summed E-state index contributed by atoms with van der Waals surface area (Å²) in [5.74, 6) is -0.850. The number of rotatable bonds is 5. The molecule has 2 unspecified atom stereocenters. The smallest absolute Gasteiger partial charge is 0.345 e. The third-order valence-corrected chi connectivity index (χ3v) is 3.25. The molecule has 0 saturated heterocycles. The molecule has 0 aliphatic rings. The van der Waals surface area contributed by atoms with Gasteiger partial charge in [-0.1, -0.05) is 12.1 Å². The fourth-order valence-electron chi connectivity index (χ4n) is 1.99. The summed E-state index contributed by atoms with van der Waals surface area (Å²) >= 11 is 0. The predicted molar refractivity (Wildman–Crippen MR) is 76.4 cm³/mol. The number of hydrogen-bond donors (Lipinski definition) is 2. The van der Waals surface area contributed by atoms with Gasteiger partial charge in [-0.25, -0.2) is 13.9 Å². The summed E-state index contributed by atoms with van der Waals surface area (Å²) in [6.45, 7) is 1.38. The molecule has 1 aromatic carbocycles. The molecule has 2 N–H and O–H groups in total. The number of carbonyl (C=O) groups is 1. The van der Waals surface area contributed by atoms with Gasteiger partial charge in [-0.3, -0.25) is 9.36 Å². The van der Waals surface area contributed by atoms with E-state index in [0.717, 1.165) is 4.68 Å². The number of amides is 1. The van der Waals surface area contributed by atoms with Crippen molar-refractivity contribution in [2.45, 2.75) is 25.6 Å². The summed E-state index contributed by atoms with van der Waals surface area (Å²) in [7, 11) is 1.53. The standard InChI is InChI=1S/C14H17FN4O3/c1-9(13(21)10-3-5-11(15)6-4-10)17-12(20)7-19-14(22)18(2)8-16-19/h3-6,8-9,13,21H,7H2,1-2H3,(H,17,20). The Bertz CT molecular complexity index is 708. The quantitative estimate of drug-likeness (QED) is 0.811. The third kappa shape index (κ3) is 3.59. The number of aromatic nitrogens is 3. The van der Waals surface area contributed by atoms with E-state index in [1.165, 1.54) is 42.2 Å². The van der Waals surface area contributed by atoms with Crippen LogP contribution in [0.1, 0.15) is 18.6 Å². The average Bonchev–Trinajstić information content (AvgIpc) is 2.79. The summed E-state index contributed by atoms with van der Waals surface area (Å²) < 4.78 is 15.1. The molecule has 2 aromatic rings. The lowest BCUT2D eigenvalue weighted by molar-refractivity contribution is -0.123. The van der Waals surface area contributed by atoms with Crippen LogP contribution in [0, 0.1) is 5.82 Å². The lowest BCUT2D eigenvalue weighted by Gasteiger charge is -2.20. The fraction of sp³-hybridized carbons (Fsp3) is 0.357. The summed E-state index contributed by atoms with van der Waals surface area (Å²) in [6, 6.07) is 4.77. The Kier molecular flexibility index (Phi) is 4.71. The first-order chi connectivity index (χ1) is 10.4. The highest BCUT2D eigenvalue weighted by molar-refractivity contribution is 5.75. The Balaban J connectivity index is 1.97. The number of aryl methyl sites for hydroxylation is 1. The van der Waals surface area contributed by atoms with Gasteiger partial charge in [0.25, 0.3) is 0 Å². The minimum absolute atomic E-state index is 0.236. The molecule has 0 saturated carbocycles. The Morgan fingerprint density at radius 1 is 1.41 bits per heavy atom. The summed E-state index contributed by atoms with van der Waals surface area (Å²) in [6.07, 6.45) is 0.330. The summed E-state index contributed by atoms with van der Waals surface area (Å²) in [5.41, 5.74) is 0.0890. The van der Waals surface area contributed by atoms with Gasteiger partial charge in [0.15, 0.2) is 0 Å². The zero-order valence-corrected chi connectivity index (χ0v) is 12.2. The number of aliphatic hydroxyl groups is 1. The highest BCUT2D eigenvalue weighted by Gasteiger charge is 2.19. The lowest BCUT2D eigenvalue weighted by atomic mass is 10.0. The van der Waals surface area contributed by atoms with Crippen LogP contribution in [0.25, 0.3) is 0 Å². The van der Waals surface area contributed by atoms with Crippen molar-refractivity contribution in [3.63, 3.8) is 0 Å². The van der Waals surface area contributed by atoms with Gasteiger partial charge in [-0.15, -0.1) is 0 Å². The van der Waals surface area contributed by atoms with E-state index in [9.17, 15) is 19.1 Å². The Morgan fingerprint density at radius 2 is 2.05 bits per heavy atom. The molecule has 7 nitrogen and oxygen atoms in total. The van der Waals surface area contributed by atoms with Crippen LogP contribution < -0.4 is 11.0 Å². The number of hydrogen-bond acceptors (Lipinski definition) is 4. The first kappa shape index (κ1) is 15.9. The number of halogens is 1. The van der Waals surface area contributed by atoms with Crippen molar-refractivity contribution in [3.8, 4) is 0 Å². The second kappa shape index (κ2) is 6.52. The van der Waals surface area contributed by atoms with E-state index in [1.54, 1.807) is 6.92 Å². The molecule has 1 aromatic heterocycles. The van der Waals surface area contributed by atoms with E-state index in [0.29, 0.717) is 5.56 Å². The van der Waals surface area contributed by atoms with Gasteiger partial charge in [0.05, 0.1) is 12.1 Å². The van der Waals surface area contributed by atoms with Crippen LogP contribution in [0.15, 0.2) is 35.4 Å². The second-order valence-electron chi connectivity index (χ2n) is 5.03. The van der Waals surface area contributed by atoms with Gasteiger partial charge in [-0.2, -0.15) is 5.10 Å². The molecular formula is C14H17FN4O3. The first-order valence-electron chi connectivity index (χ1n) is 6.70. The minimum Gasteiger partial charge on any atom is -0.386 e. The van der Waals surface area contributed by atoms with Crippen LogP contribution in [-0.4, -0.2) is 31.4 Å². The van der Waals surface area contributed by atoms with E-state index in [1.807, 2.05) is 0 Å². The number of carbonyl (C=O) groups excluding carboxylic acids is 1. The molecule has 2 atom stereocenters. The van der Waals surface area contributed by atoms with Crippen LogP contribution in [0.2, 0.25) is 0 Å². The monoisotopic (exact) mass is 308 g/mol. The molecule has 118 valence electrons. The average molecular weight is 308 g/mol. The highest BCUT2D eigenvalue weighted by atomic mass is 19.1. The molecule has 22 heavy (non-hydrogen) atoms. The van der Waals surface area contributed by atoms with Crippen molar-refractivity contribution in [1.29, 1.82) is 0 Å². The van der Waals surface area contributed by atoms with E-state index < -0.39 is 29.6 Å². The van der Waals surface area contributed by atoms with Crippen molar-refractivity contribution in [2.24, 2.45) is 7.05 Å². The van der Waals surface area contributed by atoms with Gasteiger partial charge < -0.3 is 10.4 Å². The maximum atomic E-state index is 12.9. The highest BCUT2D eigenvalue weighted by Crippen LogP contribution is 2.16. The van der Waals surface area contributed by atoms with Gasteiger partial charge in [-0.05, 0) is 24.6 Å². The van der Waals surface area contributed by atoms with E-state index in [-0.39, 0.29) is 6.54 Å². The van der Waals surface area contributed by atoms with E-state index in [4.69, 9.17) is 0 Å². The van der Waals surface area contributed by atoms with E-state index >= 15 is 0 Å². The molecule has 8 heteroatoms. The molecule has 1 amide bonds. The molecule has 2 rings (SSSR count). The van der Waals surface area contributed by atoms with Crippen LogP contribution in [0.5, 0.6) is 0 Å². The van der Waals surface area contributed by atoms with Gasteiger partial charge >= 0.3 is 5.69 Å². The van der Waals surface area contributed by atoms with Crippen molar-refractivity contribution < 1.29 is 14.3 Å².